The van der Waals surface area contributed by atoms with E-state index in [1.807, 2.05) is 6.92 Å². The number of carbonyl (C=O) groups excluding carboxylic acids is 1. The first-order valence-electron chi connectivity index (χ1n) is 9.14. The molecule has 30 heavy (non-hydrogen) atoms. The second kappa shape index (κ2) is 8.66. The Morgan fingerprint density at radius 2 is 2.03 bits per heavy atom. The van der Waals surface area contributed by atoms with Crippen molar-refractivity contribution in [3.8, 4) is 0 Å². The van der Waals surface area contributed by atoms with E-state index < -0.39 is 32.4 Å². The fourth-order valence-corrected chi connectivity index (χ4v) is 5.38. The van der Waals surface area contributed by atoms with Gasteiger partial charge in [-0.3, -0.25) is 14.9 Å². The maximum Gasteiger partial charge on any atom is 0.306 e. The Bertz CT molecular complexity index is 1110. The second-order valence-corrected chi connectivity index (χ2v) is 9.45. The molecule has 1 unspecified atom stereocenters. The summed E-state index contributed by atoms with van der Waals surface area (Å²) in [5, 5.41) is 13.3. The van der Waals surface area contributed by atoms with Crippen molar-refractivity contribution < 1.29 is 22.5 Å². The molecule has 1 fully saturated rings. The number of nitrogens with one attached hydrogen (secondary N) is 1. The number of anilines is 1. The van der Waals surface area contributed by atoms with Crippen molar-refractivity contribution in [2.45, 2.75) is 24.7 Å². The van der Waals surface area contributed by atoms with E-state index in [9.17, 15) is 27.7 Å². The molecule has 1 aliphatic rings. The number of halogens is 2. The summed E-state index contributed by atoms with van der Waals surface area (Å²) in [4.78, 5) is 22.3. The van der Waals surface area contributed by atoms with Crippen LogP contribution in [-0.2, 0) is 10.0 Å². The number of nitrogens with zero attached hydrogens (tertiary/aromatic N) is 2. The Kier molecular flexibility index (Phi) is 6.39. The first-order chi connectivity index (χ1) is 14.1. The number of hydrogen-bond acceptors (Lipinski definition) is 5. The molecule has 3 rings (SSSR count). The third kappa shape index (κ3) is 4.61. The molecule has 0 aliphatic carbocycles. The minimum Gasteiger partial charge on any atom is -0.322 e. The average molecular weight is 456 g/mol. The quantitative estimate of drug-likeness (QED) is 0.540. The molecular weight excluding hydrogens is 437 g/mol. The molecule has 11 heteroatoms. The van der Waals surface area contributed by atoms with Gasteiger partial charge < -0.3 is 5.32 Å². The van der Waals surface area contributed by atoms with E-state index in [-0.39, 0.29) is 27.1 Å². The van der Waals surface area contributed by atoms with E-state index in [1.54, 1.807) is 0 Å². The molecule has 0 bridgehead atoms. The number of sulfonamides is 1. The van der Waals surface area contributed by atoms with Crippen molar-refractivity contribution in [2.75, 3.05) is 18.4 Å². The summed E-state index contributed by atoms with van der Waals surface area (Å²) in [6, 6.07) is 6.74. The van der Waals surface area contributed by atoms with Gasteiger partial charge >= 0.3 is 5.69 Å². The Labute approximate surface area is 177 Å². The summed E-state index contributed by atoms with van der Waals surface area (Å²) >= 11 is 6.12. The lowest BCUT2D eigenvalue weighted by Gasteiger charge is -2.30. The highest BCUT2D eigenvalue weighted by molar-refractivity contribution is 7.89. The fraction of sp³-hybridized carbons (Fsp3) is 0.316. The zero-order valence-electron chi connectivity index (χ0n) is 16.0. The van der Waals surface area contributed by atoms with Crippen LogP contribution in [0.15, 0.2) is 41.3 Å². The monoisotopic (exact) mass is 455 g/mol. The molecule has 0 spiro atoms. The van der Waals surface area contributed by atoms with Gasteiger partial charge in [-0.05, 0) is 49.1 Å². The van der Waals surface area contributed by atoms with Gasteiger partial charge in [-0.15, -0.1) is 0 Å². The number of benzene rings is 2. The summed E-state index contributed by atoms with van der Waals surface area (Å²) in [6.45, 7) is 2.71. The highest BCUT2D eigenvalue weighted by atomic mass is 35.5. The van der Waals surface area contributed by atoms with Crippen molar-refractivity contribution in [3.05, 3.63) is 62.9 Å². The Hall–Kier alpha value is -2.56. The van der Waals surface area contributed by atoms with Crippen LogP contribution in [0.1, 0.15) is 30.1 Å². The zero-order valence-corrected chi connectivity index (χ0v) is 17.5. The molecule has 1 N–H and O–H groups in total. The Morgan fingerprint density at radius 3 is 2.70 bits per heavy atom. The van der Waals surface area contributed by atoms with E-state index in [1.165, 1.54) is 28.6 Å². The van der Waals surface area contributed by atoms with E-state index in [2.05, 4.69) is 5.32 Å². The van der Waals surface area contributed by atoms with Crippen LogP contribution in [0.5, 0.6) is 0 Å². The van der Waals surface area contributed by atoms with E-state index in [4.69, 9.17) is 11.6 Å². The number of nitro benzene ring substituents is 1. The number of carbonyl (C=O) groups is 1. The maximum atomic E-state index is 13.5. The van der Waals surface area contributed by atoms with Gasteiger partial charge in [-0.2, -0.15) is 8.70 Å². The molecule has 0 saturated carbocycles. The standard InChI is InChI=1S/C19H19ClFN3O5S/c1-12-3-2-8-23(11-12)30(28,29)18-9-13(4-6-15(18)20)19(25)22-14-5-7-16(21)17(10-14)24(26)27/h4-7,9-10,12H,2-3,8,11H2,1H3,(H,22,25). The van der Waals surface area contributed by atoms with Crippen molar-refractivity contribution in [1.29, 1.82) is 0 Å². The highest BCUT2D eigenvalue weighted by Gasteiger charge is 2.31. The molecule has 2 aromatic carbocycles. The third-order valence-corrected chi connectivity index (χ3v) is 7.18. The van der Waals surface area contributed by atoms with Crippen LogP contribution in [0.2, 0.25) is 5.02 Å². The summed E-state index contributed by atoms with van der Waals surface area (Å²) in [5.74, 6) is -1.53. The maximum absolute atomic E-state index is 13.5. The van der Waals surface area contributed by atoms with Gasteiger partial charge in [0, 0.05) is 30.4 Å². The third-order valence-electron chi connectivity index (χ3n) is 4.83. The largest absolute Gasteiger partial charge is 0.322 e. The van der Waals surface area contributed by atoms with Crippen molar-refractivity contribution in [3.63, 3.8) is 0 Å². The zero-order chi connectivity index (χ0) is 22.1. The molecular formula is C19H19ClFN3O5S. The Morgan fingerprint density at radius 1 is 1.30 bits per heavy atom. The van der Waals surface area contributed by atoms with Crippen LogP contribution in [0.4, 0.5) is 15.8 Å². The van der Waals surface area contributed by atoms with Crippen LogP contribution in [0.25, 0.3) is 0 Å². The van der Waals surface area contributed by atoms with Crippen LogP contribution >= 0.6 is 11.6 Å². The lowest BCUT2D eigenvalue weighted by atomic mass is 10.0. The summed E-state index contributed by atoms with van der Waals surface area (Å²) in [5.41, 5.74) is -0.793. The van der Waals surface area contributed by atoms with Crippen molar-refractivity contribution in [2.24, 2.45) is 5.92 Å². The van der Waals surface area contributed by atoms with Gasteiger partial charge in [0.05, 0.1) is 9.95 Å². The SMILES string of the molecule is CC1CCCN(S(=O)(=O)c2cc(C(=O)Nc3ccc(F)c([N+](=O)[O-])c3)ccc2Cl)C1. The van der Waals surface area contributed by atoms with E-state index >= 15 is 0 Å². The second-order valence-electron chi connectivity index (χ2n) is 7.13. The minimum absolute atomic E-state index is 0.00249. The summed E-state index contributed by atoms with van der Waals surface area (Å²) in [7, 11) is -3.90. The van der Waals surface area contributed by atoms with Crippen LogP contribution in [0.3, 0.4) is 0 Å². The van der Waals surface area contributed by atoms with Gasteiger partial charge in [0.2, 0.25) is 15.8 Å². The molecule has 2 aromatic rings. The van der Waals surface area contributed by atoms with Gasteiger partial charge in [0.1, 0.15) is 4.90 Å². The smallest absolute Gasteiger partial charge is 0.306 e. The fourth-order valence-electron chi connectivity index (χ4n) is 3.28. The number of rotatable bonds is 5. The lowest BCUT2D eigenvalue weighted by Crippen LogP contribution is -2.39. The number of nitro groups is 1. The Balaban J connectivity index is 1.88. The molecule has 1 aliphatic heterocycles. The van der Waals surface area contributed by atoms with Gasteiger partial charge in [-0.25, -0.2) is 8.42 Å². The molecule has 1 saturated heterocycles. The predicted octanol–water partition coefficient (Wildman–Crippen LogP) is 4.06. The van der Waals surface area contributed by atoms with E-state index in [0.29, 0.717) is 13.1 Å². The van der Waals surface area contributed by atoms with E-state index in [0.717, 1.165) is 25.0 Å². The molecule has 0 radical (unpaired) electrons. The van der Waals surface area contributed by atoms with Crippen LogP contribution in [0, 0.1) is 21.8 Å². The molecule has 1 heterocycles. The summed E-state index contributed by atoms with van der Waals surface area (Å²) < 4.78 is 40.9. The molecule has 160 valence electrons. The minimum atomic E-state index is -3.90. The highest BCUT2D eigenvalue weighted by Crippen LogP contribution is 2.29. The number of hydrogen-bond donors (Lipinski definition) is 1. The topological polar surface area (TPSA) is 110 Å². The van der Waals surface area contributed by atoms with Crippen LogP contribution in [-0.4, -0.2) is 36.6 Å². The van der Waals surface area contributed by atoms with Gasteiger partial charge in [0.15, 0.2) is 0 Å². The molecule has 1 atom stereocenters. The van der Waals surface area contributed by atoms with Crippen molar-refractivity contribution >= 4 is 38.9 Å². The molecule has 8 nitrogen and oxygen atoms in total. The number of piperidine rings is 1. The number of amides is 1. The van der Waals surface area contributed by atoms with Crippen molar-refractivity contribution in [1.82, 2.24) is 4.31 Å². The molecule has 0 aromatic heterocycles. The first-order valence-corrected chi connectivity index (χ1v) is 11.0. The van der Waals surface area contributed by atoms with Gasteiger partial charge in [-0.1, -0.05) is 18.5 Å². The summed E-state index contributed by atoms with van der Waals surface area (Å²) in [6.07, 6.45) is 1.67. The van der Waals surface area contributed by atoms with Crippen LogP contribution < -0.4 is 5.32 Å². The molecule has 1 amide bonds. The predicted molar refractivity (Wildman–Crippen MR) is 110 cm³/mol. The lowest BCUT2D eigenvalue weighted by molar-refractivity contribution is -0.387. The average Bonchev–Trinajstić information content (AvgIpc) is 2.69. The van der Waals surface area contributed by atoms with Gasteiger partial charge in [0.25, 0.3) is 5.91 Å². The first kappa shape index (κ1) is 22.1. The normalized spacial score (nSPS) is 17.5.